The molecular formula is C16H23N3O4S. The second-order valence-electron chi connectivity index (χ2n) is 6.05. The van der Waals surface area contributed by atoms with Crippen molar-refractivity contribution in [3.05, 3.63) is 15.6 Å². The lowest BCUT2D eigenvalue weighted by atomic mass is 9.98. The van der Waals surface area contributed by atoms with Gasteiger partial charge in [-0.1, -0.05) is 6.92 Å². The highest BCUT2D eigenvalue weighted by atomic mass is 32.1. The summed E-state index contributed by atoms with van der Waals surface area (Å²) in [6.07, 6.45) is 2.04. The number of aliphatic carboxylic acids is 1. The largest absolute Gasteiger partial charge is 0.481 e. The van der Waals surface area contributed by atoms with Gasteiger partial charge in [-0.2, -0.15) is 0 Å². The summed E-state index contributed by atoms with van der Waals surface area (Å²) in [7, 11) is 1.59. The van der Waals surface area contributed by atoms with Crippen LogP contribution in [0.4, 0.5) is 0 Å². The Hall–Kier alpha value is -1.96. The summed E-state index contributed by atoms with van der Waals surface area (Å²) in [4.78, 5) is 43.8. The third-order valence-electron chi connectivity index (χ3n) is 4.18. The molecule has 1 unspecified atom stereocenters. The number of likely N-dealkylation sites (tertiary alicyclic amines) is 1. The molecule has 1 aliphatic rings. The molecule has 132 valence electrons. The number of nitrogens with zero attached hydrogens (tertiary/aromatic N) is 3. The fourth-order valence-electron chi connectivity index (χ4n) is 2.76. The minimum atomic E-state index is -0.871. The van der Waals surface area contributed by atoms with E-state index < -0.39 is 11.9 Å². The molecule has 0 spiro atoms. The first kappa shape index (κ1) is 18.4. The number of aromatic nitrogens is 1. The monoisotopic (exact) mass is 353 g/mol. The molecule has 1 atom stereocenters. The minimum Gasteiger partial charge on any atom is -0.481 e. The summed E-state index contributed by atoms with van der Waals surface area (Å²) in [5, 5.41) is 10.0. The van der Waals surface area contributed by atoms with E-state index in [2.05, 4.69) is 4.98 Å². The zero-order valence-corrected chi connectivity index (χ0v) is 15.1. The Balaban J connectivity index is 1.99. The number of carbonyl (C=O) groups is 3. The Morgan fingerprint density at radius 2 is 2.12 bits per heavy atom. The molecule has 2 rings (SSSR count). The Morgan fingerprint density at radius 1 is 1.42 bits per heavy atom. The van der Waals surface area contributed by atoms with E-state index in [0.29, 0.717) is 30.0 Å². The molecule has 1 aromatic rings. The van der Waals surface area contributed by atoms with Crippen molar-refractivity contribution in [2.75, 3.05) is 26.7 Å². The first-order valence-electron chi connectivity index (χ1n) is 8.05. The van der Waals surface area contributed by atoms with Gasteiger partial charge in [-0.05, 0) is 26.2 Å². The van der Waals surface area contributed by atoms with Crippen LogP contribution >= 0.6 is 11.3 Å². The van der Waals surface area contributed by atoms with Crippen molar-refractivity contribution in [2.45, 2.75) is 33.1 Å². The van der Waals surface area contributed by atoms with E-state index in [1.807, 2.05) is 6.92 Å². The summed E-state index contributed by atoms with van der Waals surface area (Å²) >= 11 is 1.36. The van der Waals surface area contributed by atoms with Gasteiger partial charge >= 0.3 is 5.97 Å². The number of carbonyl (C=O) groups excluding carboxylic acids is 2. The molecule has 1 aliphatic heterocycles. The zero-order chi connectivity index (χ0) is 17.9. The highest BCUT2D eigenvalue weighted by Crippen LogP contribution is 2.21. The van der Waals surface area contributed by atoms with Crippen LogP contribution in [0.15, 0.2) is 0 Å². The first-order valence-corrected chi connectivity index (χ1v) is 8.87. The van der Waals surface area contributed by atoms with Crippen molar-refractivity contribution in [3.63, 3.8) is 0 Å². The maximum atomic E-state index is 12.5. The van der Waals surface area contributed by atoms with Crippen LogP contribution in [0.3, 0.4) is 0 Å². The lowest BCUT2D eigenvalue weighted by molar-refractivity contribution is -0.145. The van der Waals surface area contributed by atoms with Crippen molar-refractivity contribution in [1.29, 1.82) is 0 Å². The molecule has 2 heterocycles. The number of thiazole rings is 1. The van der Waals surface area contributed by atoms with Gasteiger partial charge in [0.15, 0.2) is 0 Å². The Morgan fingerprint density at radius 3 is 2.71 bits per heavy atom. The van der Waals surface area contributed by atoms with E-state index in [1.54, 1.807) is 18.9 Å². The smallest absolute Gasteiger partial charge is 0.308 e. The van der Waals surface area contributed by atoms with Crippen molar-refractivity contribution < 1.29 is 19.5 Å². The number of hydrogen-bond acceptors (Lipinski definition) is 5. The van der Waals surface area contributed by atoms with Gasteiger partial charge in [-0.15, -0.1) is 11.3 Å². The van der Waals surface area contributed by atoms with Gasteiger partial charge in [0, 0.05) is 20.1 Å². The number of aryl methyl sites for hydroxylation is 2. The number of amides is 2. The lowest BCUT2D eigenvalue weighted by Crippen LogP contribution is -2.46. The maximum Gasteiger partial charge on any atom is 0.308 e. The topological polar surface area (TPSA) is 90.8 Å². The summed E-state index contributed by atoms with van der Waals surface area (Å²) in [6.45, 7) is 4.49. The molecule has 1 fully saturated rings. The predicted molar refractivity (Wildman–Crippen MR) is 90.1 cm³/mol. The maximum absolute atomic E-state index is 12.5. The molecule has 1 aromatic heterocycles. The van der Waals surface area contributed by atoms with E-state index in [-0.39, 0.29) is 24.9 Å². The Bertz CT molecular complexity index is 643. The van der Waals surface area contributed by atoms with Crippen LogP contribution in [-0.2, 0) is 16.0 Å². The van der Waals surface area contributed by atoms with Gasteiger partial charge in [0.05, 0.1) is 23.2 Å². The average molecular weight is 353 g/mol. The second-order valence-corrected chi connectivity index (χ2v) is 7.14. The lowest BCUT2D eigenvalue weighted by Gasteiger charge is -2.32. The number of carboxylic acid groups (broad SMARTS) is 1. The van der Waals surface area contributed by atoms with E-state index in [9.17, 15) is 14.4 Å². The molecule has 8 heteroatoms. The number of hydrogen-bond donors (Lipinski definition) is 1. The molecule has 1 saturated heterocycles. The van der Waals surface area contributed by atoms with Crippen molar-refractivity contribution in [3.8, 4) is 0 Å². The number of likely N-dealkylation sites (N-methyl/N-ethyl adjacent to an activating group) is 1. The molecule has 0 radical (unpaired) electrons. The van der Waals surface area contributed by atoms with Crippen LogP contribution in [-0.4, -0.2) is 64.4 Å². The number of rotatable bonds is 5. The van der Waals surface area contributed by atoms with Crippen LogP contribution < -0.4 is 0 Å². The first-order chi connectivity index (χ1) is 11.3. The van der Waals surface area contributed by atoms with Crippen LogP contribution in [0.2, 0.25) is 0 Å². The Labute approximate surface area is 145 Å². The highest BCUT2D eigenvalue weighted by Gasteiger charge is 2.29. The van der Waals surface area contributed by atoms with Gasteiger partial charge in [-0.25, -0.2) is 4.98 Å². The van der Waals surface area contributed by atoms with Crippen LogP contribution in [0, 0.1) is 12.8 Å². The summed E-state index contributed by atoms with van der Waals surface area (Å²) in [6, 6.07) is 0. The van der Waals surface area contributed by atoms with Gasteiger partial charge in [0.1, 0.15) is 4.88 Å². The molecule has 0 aliphatic carbocycles. The van der Waals surface area contributed by atoms with E-state index in [4.69, 9.17) is 5.11 Å². The third-order valence-corrected chi connectivity index (χ3v) is 5.47. The van der Waals surface area contributed by atoms with Crippen LogP contribution in [0.25, 0.3) is 0 Å². The fourth-order valence-corrected chi connectivity index (χ4v) is 3.75. The van der Waals surface area contributed by atoms with E-state index in [1.165, 1.54) is 16.2 Å². The van der Waals surface area contributed by atoms with Gasteiger partial charge < -0.3 is 14.9 Å². The van der Waals surface area contributed by atoms with Crippen molar-refractivity contribution in [2.24, 2.45) is 5.92 Å². The standard InChI is InChI=1S/C16H23N3O4S/c1-4-12-17-10(2)14(24-12)15(21)18(3)9-13(20)19-7-5-6-11(8-19)16(22)23/h11H,4-9H2,1-3H3,(H,22,23). The SMILES string of the molecule is CCc1nc(C)c(C(=O)N(C)CC(=O)N2CCCC(C(=O)O)C2)s1. The minimum absolute atomic E-state index is 0.0516. The highest BCUT2D eigenvalue weighted by molar-refractivity contribution is 7.13. The molecule has 2 amide bonds. The second kappa shape index (κ2) is 7.74. The molecular weight excluding hydrogens is 330 g/mol. The van der Waals surface area contributed by atoms with Gasteiger partial charge in [-0.3, -0.25) is 14.4 Å². The predicted octanol–water partition coefficient (Wildman–Crippen LogP) is 1.41. The summed E-state index contributed by atoms with van der Waals surface area (Å²) in [5.74, 6) is -1.82. The summed E-state index contributed by atoms with van der Waals surface area (Å²) in [5.41, 5.74) is 0.685. The quantitative estimate of drug-likeness (QED) is 0.864. The zero-order valence-electron chi connectivity index (χ0n) is 14.2. The van der Waals surface area contributed by atoms with E-state index >= 15 is 0 Å². The Kier molecular flexibility index (Phi) is 5.93. The van der Waals surface area contributed by atoms with Crippen molar-refractivity contribution >= 4 is 29.1 Å². The summed E-state index contributed by atoms with van der Waals surface area (Å²) < 4.78 is 0. The van der Waals surface area contributed by atoms with Crippen molar-refractivity contribution in [1.82, 2.24) is 14.8 Å². The number of carboxylic acids is 1. The molecule has 0 saturated carbocycles. The third kappa shape index (κ3) is 4.11. The molecule has 0 aromatic carbocycles. The molecule has 0 bridgehead atoms. The normalized spacial score (nSPS) is 17.6. The van der Waals surface area contributed by atoms with Crippen LogP contribution in [0.5, 0.6) is 0 Å². The molecule has 7 nitrogen and oxygen atoms in total. The van der Waals surface area contributed by atoms with E-state index in [0.717, 1.165) is 11.4 Å². The van der Waals surface area contributed by atoms with Gasteiger partial charge in [0.25, 0.3) is 5.91 Å². The molecule has 1 N–H and O–H groups in total. The van der Waals surface area contributed by atoms with Crippen LogP contribution in [0.1, 0.15) is 40.1 Å². The number of piperidine rings is 1. The fraction of sp³-hybridized carbons (Fsp3) is 0.625. The average Bonchev–Trinajstić information content (AvgIpc) is 2.95. The molecule has 24 heavy (non-hydrogen) atoms. The van der Waals surface area contributed by atoms with Gasteiger partial charge in [0.2, 0.25) is 5.91 Å².